The Labute approximate surface area is 129 Å². The number of nitrogens with one attached hydrogen (secondary N) is 2. The highest BCUT2D eigenvalue weighted by atomic mass is 16.2. The van der Waals surface area contributed by atoms with Gasteiger partial charge < -0.3 is 22.1 Å². The first-order valence-electron chi connectivity index (χ1n) is 7.06. The first kappa shape index (κ1) is 17.6. The predicted octanol–water partition coefficient (Wildman–Crippen LogP) is -0.947. The number of carbonyl (C=O) groups is 3. The fourth-order valence-corrected chi connectivity index (χ4v) is 1.79. The van der Waals surface area contributed by atoms with Crippen molar-refractivity contribution in [1.82, 2.24) is 10.6 Å². The molecule has 1 aromatic carbocycles. The van der Waals surface area contributed by atoms with Crippen LogP contribution in [0.25, 0.3) is 0 Å². The fourth-order valence-electron chi connectivity index (χ4n) is 1.79. The van der Waals surface area contributed by atoms with Crippen LogP contribution in [0.2, 0.25) is 0 Å². The van der Waals surface area contributed by atoms with Crippen LogP contribution in [-0.4, -0.2) is 36.3 Å². The van der Waals surface area contributed by atoms with Crippen molar-refractivity contribution in [3.8, 4) is 0 Å². The van der Waals surface area contributed by atoms with Gasteiger partial charge in [-0.25, -0.2) is 0 Å². The van der Waals surface area contributed by atoms with Gasteiger partial charge in [0.15, 0.2) is 0 Å². The summed E-state index contributed by atoms with van der Waals surface area (Å²) in [7, 11) is 0. The lowest BCUT2D eigenvalue weighted by Gasteiger charge is -2.19. The molecule has 0 aliphatic rings. The highest BCUT2D eigenvalue weighted by molar-refractivity contribution is 5.89. The summed E-state index contributed by atoms with van der Waals surface area (Å²) in [6.07, 6.45) is 0.382. The average Bonchev–Trinajstić information content (AvgIpc) is 2.46. The minimum atomic E-state index is -0.756. The molecule has 0 heterocycles. The van der Waals surface area contributed by atoms with Gasteiger partial charge in [-0.1, -0.05) is 30.3 Å². The van der Waals surface area contributed by atoms with Crippen molar-refractivity contribution in [1.29, 1.82) is 0 Å². The Bertz CT molecular complexity index is 517. The molecule has 7 nitrogen and oxygen atoms in total. The topological polar surface area (TPSA) is 127 Å². The molecule has 22 heavy (non-hydrogen) atoms. The smallest absolute Gasteiger partial charge is 0.242 e. The minimum absolute atomic E-state index is 0.0467. The molecule has 0 aromatic heterocycles. The van der Waals surface area contributed by atoms with E-state index in [0.29, 0.717) is 6.42 Å². The third-order valence-corrected chi connectivity index (χ3v) is 3.00. The van der Waals surface area contributed by atoms with E-state index in [-0.39, 0.29) is 18.9 Å². The van der Waals surface area contributed by atoms with Crippen molar-refractivity contribution < 1.29 is 14.4 Å². The van der Waals surface area contributed by atoms with Crippen LogP contribution >= 0.6 is 0 Å². The quantitative estimate of drug-likeness (QED) is 0.494. The summed E-state index contributed by atoms with van der Waals surface area (Å²) >= 11 is 0. The molecule has 2 atom stereocenters. The molecule has 0 radical (unpaired) electrons. The molecule has 3 amide bonds. The van der Waals surface area contributed by atoms with E-state index in [4.69, 9.17) is 11.5 Å². The summed E-state index contributed by atoms with van der Waals surface area (Å²) in [5.41, 5.74) is 11.4. The van der Waals surface area contributed by atoms with E-state index in [9.17, 15) is 14.4 Å². The summed E-state index contributed by atoms with van der Waals surface area (Å²) in [6, 6.07) is 7.83. The van der Waals surface area contributed by atoms with Crippen LogP contribution in [0.15, 0.2) is 30.3 Å². The lowest BCUT2D eigenvalue weighted by molar-refractivity contribution is -0.129. The van der Waals surface area contributed by atoms with Crippen LogP contribution in [0, 0.1) is 0 Å². The van der Waals surface area contributed by atoms with Gasteiger partial charge in [-0.3, -0.25) is 14.4 Å². The molecule has 1 aromatic rings. The fraction of sp³-hybridized carbons (Fsp3) is 0.400. The van der Waals surface area contributed by atoms with Gasteiger partial charge in [-0.15, -0.1) is 0 Å². The maximum absolute atomic E-state index is 12.2. The lowest BCUT2D eigenvalue weighted by Crippen LogP contribution is -2.52. The van der Waals surface area contributed by atoms with Crippen molar-refractivity contribution in [2.24, 2.45) is 11.5 Å². The van der Waals surface area contributed by atoms with Crippen molar-refractivity contribution in [2.45, 2.75) is 31.8 Å². The van der Waals surface area contributed by atoms with Gasteiger partial charge in [-0.05, 0) is 12.5 Å². The molecule has 1 unspecified atom stereocenters. The van der Waals surface area contributed by atoms with E-state index in [0.717, 1.165) is 5.56 Å². The molecule has 0 saturated heterocycles. The summed E-state index contributed by atoms with van der Waals surface area (Å²) < 4.78 is 0. The van der Waals surface area contributed by atoms with Gasteiger partial charge in [0.1, 0.15) is 6.04 Å². The monoisotopic (exact) mass is 306 g/mol. The van der Waals surface area contributed by atoms with E-state index in [1.165, 1.54) is 0 Å². The Morgan fingerprint density at radius 2 is 1.77 bits per heavy atom. The van der Waals surface area contributed by atoms with Gasteiger partial charge in [0.25, 0.3) is 0 Å². The minimum Gasteiger partial charge on any atom is -0.370 e. The number of amides is 3. The number of carbonyl (C=O) groups excluding carboxylic acids is 3. The summed E-state index contributed by atoms with van der Waals surface area (Å²) in [5, 5.41) is 5.19. The van der Waals surface area contributed by atoms with Crippen LogP contribution in [0.1, 0.15) is 18.9 Å². The van der Waals surface area contributed by atoms with Crippen molar-refractivity contribution >= 4 is 17.7 Å². The van der Waals surface area contributed by atoms with Crippen LogP contribution in [0.5, 0.6) is 0 Å². The van der Waals surface area contributed by atoms with Crippen molar-refractivity contribution in [2.75, 3.05) is 6.54 Å². The summed E-state index contributed by atoms with van der Waals surface area (Å²) in [4.78, 5) is 34.6. The second-order valence-electron chi connectivity index (χ2n) is 5.05. The Hall–Kier alpha value is -2.41. The van der Waals surface area contributed by atoms with Crippen LogP contribution in [0.4, 0.5) is 0 Å². The van der Waals surface area contributed by atoms with Gasteiger partial charge >= 0.3 is 0 Å². The molecular formula is C15H22N4O3. The molecule has 0 spiro atoms. The summed E-state index contributed by atoms with van der Waals surface area (Å²) in [6.45, 7) is 1.67. The standard InChI is InChI=1S/C15H22N4O3/c1-10(16)14(21)19-12(9-11-5-3-2-4-6-11)15(22)18-8-7-13(17)20/h2-6,10,12H,7-9,16H2,1H3,(H2,17,20)(H,18,22)(H,19,21)/t10-,12?/m1/s1. The van der Waals surface area contributed by atoms with Crippen molar-refractivity contribution in [3.05, 3.63) is 35.9 Å². The SMILES string of the molecule is C[C@@H](N)C(=O)NC(Cc1ccccc1)C(=O)NCCC(N)=O. The number of hydrogen-bond acceptors (Lipinski definition) is 4. The predicted molar refractivity (Wildman–Crippen MR) is 82.5 cm³/mol. The molecule has 7 heteroatoms. The maximum atomic E-state index is 12.2. The first-order valence-corrected chi connectivity index (χ1v) is 7.06. The molecule has 0 fully saturated rings. The Morgan fingerprint density at radius 1 is 1.14 bits per heavy atom. The number of rotatable bonds is 8. The van der Waals surface area contributed by atoms with Crippen LogP contribution in [-0.2, 0) is 20.8 Å². The van der Waals surface area contributed by atoms with Crippen LogP contribution in [0.3, 0.4) is 0 Å². The normalized spacial score (nSPS) is 13.0. The molecule has 120 valence electrons. The molecule has 0 saturated carbocycles. The number of primary amides is 1. The second-order valence-corrected chi connectivity index (χ2v) is 5.05. The Kier molecular flexibility index (Phi) is 7.04. The Morgan fingerprint density at radius 3 is 2.32 bits per heavy atom. The van der Waals surface area contributed by atoms with Gasteiger partial charge in [0.05, 0.1) is 6.04 Å². The Balaban J connectivity index is 2.70. The zero-order valence-electron chi connectivity index (χ0n) is 12.5. The molecule has 0 aliphatic carbocycles. The van der Waals surface area contributed by atoms with Crippen molar-refractivity contribution in [3.63, 3.8) is 0 Å². The molecular weight excluding hydrogens is 284 g/mol. The summed E-state index contributed by atoms with van der Waals surface area (Å²) in [5.74, 6) is -1.29. The molecule has 0 aliphatic heterocycles. The first-order chi connectivity index (χ1) is 10.4. The zero-order chi connectivity index (χ0) is 16.5. The molecule has 1 rings (SSSR count). The maximum Gasteiger partial charge on any atom is 0.242 e. The van der Waals surface area contributed by atoms with E-state index in [2.05, 4.69) is 10.6 Å². The third kappa shape index (κ3) is 6.36. The average molecular weight is 306 g/mol. The largest absolute Gasteiger partial charge is 0.370 e. The van der Waals surface area contributed by atoms with E-state index in [1.54, 1.807) is 6.92 Å². The van der Waals surface area contributed by atoms with E-state index in [1.807, 2.05) is 30.3 Å². The van der Waals surface area contributed by atoms with E-state index >= 15 is 0 Å². The molecule has 0 bridgehead atoms. The number of benzene rings is 1. The zero-order valence-corrected chi connectivity index (χ0v) is 12.5. The van der Waals surface area contributed by atoms with E-state index < -0.39 is 23.9 Å². The molecule has 6 N–H and O–H groups in total. The second kappa shape index (κ2) is 8.78. The number of hydrogen-bond donors (Lipinski definition) is 4. The lowest BCUT2D eigenvalue weighted by atomic mass is 10.0. The van der Waals surface area contributed by atoms with Gasteiger partial charge in [0.2, 0.25) is 17.7 Å². The highest BCUT2D eigenvalue weighted by Gasteiger charge is 2.22. The highest BCUT2D eigenvalue weighted by Crippen LogP contribution is 2.04. The van der Waals surface area contributed by atoms with Gasteiger partial charge in [0, 0.05) is 19.4 Å². The van der Waals surface area contributed by atoms with Crippen LogP contribution < -0.4 is 22.1 Å². The third-order valence-electron chi connectivity index (χ3n) is 3.00. The number of nitrogens with two attached hydrogens (primary N) is 2. The van der Waals surface area contributed by atoms with Gasteiger partial charge in [-0.2, -0.15) is 0 Å².